The Balaban J connectivity index is 1.68. The van der Waals surface area contributed by atoms with E-state index in [9.17, 15) is 14.7 Å². The van der Waals surface area contributed by atoms with Crippen LogP contribution in [0.25, 0.3) is 10.8 Å². The first kappa shape index (κ1) is 18.2. The largest absolute Gasteiger partial charge is 0.506 e. The number of hydrogen-bond donors (Lipinski definition) is 2. The number of anilines is 1. The van der Waals surface area contributed by atoms with Crippen LogP contribution in [0.4, 0.5) is 5.69 Å². The van der Waals surface area contributed by atoms with Gasteiger partial charge in [0.25, 0.3) is 0 Å². The Morgan fingerprint density at radius 3 is 2.42 bits per heavy atom. The van der Waals surface area contributed by atoms with Crippen molar-refractivity contribution < 1.29 is 14.7 Å². The Morgan fingerprint density at radius 2 is 1.62 bits per heavy atom. The molecule has 0 fully saturated rings. The van der Waals surface area contributed by atoms with Crippen molar-refractivity contribution in [2.45, 2.75) is 12.8 Å². The summed E-state index contributed by atoms with van der Waals surface area (Å²) in [7, 11) is 0. The van der Waals surface area contributed by atoms with Crippen LogP contribution in [0.2, 0.25) is 10.0 Å². The Bertz CT molecular complexity index is 996. The minimum Gasteiger partial charge on any atom is -0.506 e. The van der Waals surface area contributed by atoms with Gasteiger partial charge in [-0.25, -0.2) is 0 Å². The normalized spacial score (nSPS) is 10.7. The molecule has 0 aromatic heterocycles. The minimum absolute atomic E-state index is 0.0122. The fourth-order valence-electron chi connectivity index (χ4n) is 2.68. The molecule has 3 aromatic rings. The van der Waals surface area contributed by atoms with E-state index in [1.54, 1.807) is 6.07 Å². The van der Waals surface area contributed by atoms with E-state index in [0.29, 0.717) is 5.56 Å². The van der Waals surface area contributed by atoms with Gasteiger partial charge in [0.15, 0.2) is 5.78 Å². The maximum atomic E-state index is 12.5. The molecule has 0 spiro atoms. The number of nitrogens with one attached hydrogen (secondary N) is 1. The Kier molecular flexibility index (Phi) is 5.45. The van der Waals surface area contributed by atoms with Crippen LogP contribution in [0.5, 0.6) is 5.75 Å². The van der Waals surface area contributed by atoms with Crippen molar-refractivity contribution in [3.63, 3.8) is 0 Å². The van der Waals surface area contributed by atoms with Crippen LogP contribution >= 0.6 is 23.2 Å². The second-order valence-corrected chi connectivity index (χ2v) is 6.60. The van der Waals surface area contributed by atoms with Crippen molar-refractivity contribution in [3.8, 4) is 5.75 Å². The minimum atomic E-state index is -0.396. The third-order valence-electron chi connectivity index (χ3n) is 3.98. The van der Waals surface area contributed by atoms with Gasteiger partial charge in [0.2, 0.25) is 5.91 Å². The van der Waals surface area contributed by atoms with Gasteiger partial charge in [-0.2, -0.15) is 0 Å². The molecule has 2 N–H and O–H groups in total. The molecule has 6 heteroatoms. The van der Waals surface area contributed by atoms with Gasteiger partial charge in [0, 0.05) is 24.5 Å². The molecule has 4 nitrogen and oxygen atoms in total. The highest BCUT2D eigenvalue weighted by atomic mass is 35.5. The summed E-state index contributed by atoms with van der Waals surface area (Å²) in [6.07, 6.45) is 0.0453. The van der Waals surface area contributed by atoms with Gasteiger partial charge in [0.05, 0.1) is 15.7 Å². The maximum Gasteiger partial charge on any atom is 0.224 e. The Morgan fingerprint density at radius 1 is 0.923 bits per heavy atom. The highest BCUT2D eigenvalue weighted by Gasteiger charge is 2.14. The monoisotopic (exact) mass is 387 g/mol. The number of aromatic hydroxyl groups is 1. The van der Waals surface area contributed by atoms with E-state index < -0.39 is 5.91 Å². The molecule has 0 aliphatic heterocycles. The predicted octanol–water partition coefficient (Wildman–Crippen LogP) is 5.45. The number of fused-ring (bicyclic) bond motifs is 1. The maximum absolute atomic E-state index is 12.5. The molecule has 0 heterocycles. The van der Waals surface area contributed by atoms with Crippen molar-refractivity contribution in [3.05, 3.63) is 70.2 Å². The second kappa shape index (κ2) is 7.77. The Hall–Kier alpha value is -2.56. The first-order valence-corrected chi connectivity index (χ1v) is 8.70. The summed E-state index contributed by atoms with van der Waals surface area (Å²) in [4.78, 5) is 24.6. The third-order valence-corrected chi connectivity index (χ3v) is 4.70. The zero-order valence-corrected chi connectivity index (χ0v) is 15.1. The number of carbonyl (C=O) groups excluding carboxylic acids is 2. The van der Waals surface area contributed by atoms with Crippen molar-refractivity contribution in [1.29, 1.82) is 0 Å². The molecule has 0 radical (unpaired) electrons. The lowest BCUT2D eigenvalue weighted by molar-refractivity contribution is -0.116. The average molecular weight is 388 g/mol. The van der Waals surface area contributed by atoms with Crippen LogP contribution in [-0.4, -0.2) is 16.8 Å². The summed E-state index contributed by atoms with van der Waals surface area (Å²) in [5, 5.41) is 14.6. The SMILES string of the molecule is O=C(CCC(=O)c1cccc2ccccc12)Nc1cc(Cl)c(Cl)cc1O. The average Bonchev–Trinajstić information content (AvgIpc) is 2.63. The molecule has 0 saturated heterocycles. The molecule has 3 aromatic carbocycles. The highest BCUT2D eigenvalue weighted by Crippen LogP contribution is 2.33. The van der Waals surface area contributed by atoms with Gasteiger partial charge in [-0.15, -0.1) is 0 Å². The van der Waals surface area contributed by atoms with Crippen molar-refractivity contribution >= 4 is 51.4 Å². The van der Waals surface area contributed by atoms with Crippen LogP contribution in [-0.2, 0) is 4.79 Å². The molecule has 0 atom stereocenters. The molecule has 132 valence electrons. The van der Waals surface area contributed by atoms with E-state index in [1.165, 1.54) is 12.1 Å². The topological polar surface area (TPSA) is 66.4 Å². The van der Waals surface area contributed by atoms with Gasteiger partial charge in [-0.3, -0.25) is 9.59 Å². The number of ketones is 1. The molecule has 3 rings (SSSR count). The van der Waals surface area contributed by atoms with E-state index in [0.717, 1.165) is 10.8 Å². The quantitative estimate of drug-likeness (QED) is 0.451. The van der Waals surface area contributed by atoms with Gasteiger partial charge < -0.3 is 10.4 Å². The number of phenols is 1. The summed E-state index contributed by atoms with van der Waals surface area (Å²) in [6.45, 7) is 0. The molecule has 1 amide bonds. The highest BCUT2D eigenvalue weighted by molar-refractivity contribution is 6.42. The summed E-state index contributed by atoms with van der Waals surface area (Å²) in [6, 6.07) is 15.7. The number of Topliss-reactive ketones (excluding diaryl/α,β-unsaturated/α-hetero) is 1. The first-order chi connectivity index (χ1) is 12.5. The van der Waals surface area contributed by atoms with Crippen LogP contribution in [0.15, 0.2) is 54.6 Å². The number of benzene rings is 3. The van der Waals surface area contributed by atoms with Crippen LogP contribution in [0, 0.1) is 0 Å². The molecular weight excluding hydrogens is 373 g/mol. The number of carbonyl (C=O) groups is 2. The van der Waals surface area contributed by atoms with Gasteiger partial charge in [0.1, 0.15) is 5.75 Å². The van der Waals surface area contributed by atoms with Crippen molar-refractivity contribution in [2.75, 3.05) is 5.32 Å². The second-order valence-electron chi connectivity index (χ2n) is 5.78. The summed E-state index contributed by atoms with van der Waals surface area (Å²) in [5.74, 6) is -0.698. The molecule has 26 heavy (non-hydrogen) atoms. The molecule has 0 aliphatic rings. The number of halogens is 2. The first-order valence-electron chi connectivity index (χ1n) is 7.94. The summed E-state index contributed by atoms with van der Waals surface area (Å²) in [5.41, 5.74) is 0.746. The lowest BCUT2D eigenvalue weighted by Crippen LogP contribution is -2.13. The molecular formula is C20H15Cl2NO3. The lowest BCUT2D eigenvalue weighted by atomic mass is 9.99. The van der Waals surface area contributed by atoms with Gasteiger partial charge >= 0.3 is 0 Å². The summed E-state index contributed by atoms with van der Waals surface area (Å²) >= 11 is 11.7. The fourth-order valence-corrected chi connectivity index (χ4v) is 3.00. The van der Waals surface area contributed by atoms with E-state index >= 15 is 0 Å². The van der Waals surface area contributed by atoms with E-state index in [4.69, 9.17) is 23.2 Å². The predicted molar refractivity (Wildman–Crippen MR) is 104 cm³/mol. The van der Waals surface area contributed by atoms with Gasteiger partial charge in [-0.05, 0) is 16.8 Å². The van der Waals surface area contributed by atoms with Crippen LogP contribution in [0.1, 0.15) is 23.2 Å². The number of hydrogen-bond acceptors (Lipinski definition) is 3. The zero-order chi connectivity index (χ0) is 18.7. The smallest absolute Gasteiger partial charge is 0.224 e. The lowest BCUT2D eigenvalue weighted by Gasteiger charge is -2.09. The number of rotatable bonds is 5. The zero-order valence-electron chi connectivity index (χ0n) is 13.6. The number of amides is 1. The fraction of sp³-hybridized carbons (Fsp3) is 0.100. The van der Waals surface area contributed by atoms with Crippen molar-refractivity contribution in [1.82, 2.24) is 0 Å². The Labute approximate surface area is 160 Å². The standard InChI is InChI=1S/C20H15Cl2NO3/c21-15-10-17(19(25)11-16(15)22)23-20(26)9-8-18(24)14-7-3-5-12-4-1-2-6-13(12)14/h1-7,10-11,25H,8-9H2,(H,23,26). The van der Waals surface area contributed by atoms with Crippen LogP contribution < -0.4 is 5.32 Å². The molecule has 0 saturated carbocycles. The van der Waals surface area contributed by atoms with E-state index in [-0.39, 0.29) is 40.1 Å². The molecule has 0 unspecified atom stereocenters. The summed E-state index contributed by atoms with van der Waals surface area (Å²) < 4.78 is 0. The number of phenolic OH excluding ortho intramolecular Hbond substituents is 1. The van der Waals surface area contributed by atoms with Crippen LogP contribution in [0.3, 0.4) is 0 Å². The molecule has 0 aliphatic carbocycles. The third kappa shape index (κ3) is 3.98. The molecule has 0 bridgehead atoms. The van der Waals surface area contributed by atoms with E-state index in [2.05, 4.69) is 5.32 Å². The van der Waals surface area contributed by atoms with Crippen molar-refractivity contribution in [2.24, 2.45) is 0 Å². The van der Waals surface area contributed by atoms with E-state index in [1.807, 2.05) is 36.4 Å². The van der Waals surface area contributed by atoms with Gasteiger partial charge in [-0.1, -0.05) is 65.7 Å².